The Kier molecular flexibility index (Phi) is 3.50. The van der Waals surface area contributed by atoms with Crippen LogP contribution in [0.15, 0.2) is 24.5 Å². The van der Waals surface area contributed by atoms with Gasteiger partial charge in [0.25, 0.3) is 0 Å². The van der Waals surface area contributed by atoms with Gasteiger partial charge in [0, 0.05) is 0 Å². The van der Waals surface area contributed by atoms with E-state index in [0.29, 0.717) is 9.26 Å². The van der Waals surface area contributed by atoms with E-state index in [-0.39, 0.29) is 17.3 Å². The van der Waals surface area contributed by atoms with Gasteiger partial charge in [-0.25, -0.2) is 14.2 Å². The maximum Gasteiger partial charge on any atom is 0.360 e. The van der Waals surface area contributed by atoms with Crippen LogP contribution in [0.4, 0.5) is 10.2 Å². The van der Waals surface area contributed by atoms with E-state index in [1.807, 2.05) is 22.6 Å². The minimum absolute atomic E-state index is 0.0116. The van der Waals surface area contributed by atoms with Crippen LogP contribution >= 0.6 is 22.6 Å². The van der Waals surface area contributed by atoms with Crippen LogP contribution in [0.2, 0.25) is 0 Å². The van der Waals surface area contributed by atoms with Crippen molar-refractivity contribution in [3.63, 3.8) is 0 Å². The average Bonchev–Trinajstić information content (AvgIpc) is 2.74. The fourth-order valence-corrected chi connectivity index (χ4v) is 2.10. The Bertz CT molecular complexity index is 612. The predicted molar refractivity (Wildman–Crippen MR) is 72.0 cm³/mol. The number of imidazole rings is 1. The predicted octanol–water partition coefficient (Wildman–Crippen LogP) is 1.98. The molecule has 1 heterocycles. The first-order chi connectivity index (χ1) is 8.56. The molecule has 18 heavy (non-hydrogen) atoms. The highest BCUT2D eigenvalue weighted by atomic mass is 127. The standard InChI is InChI=1S/C11H9FIN3O2/c1-18-11(17)9-10(14)16(5-15-9)7-4-2-3-6(12)8(7)13/h2-5H,14H2,1H3. The number of anilines is 1. The molecule has 94 valence electrons. The van der Waals surface area contributed by atoms with E-state index in [2.05, 4.69) is 9.72 Å². The molecule has 7 heteroatoms. The molecule has 1 aromatic heterocycles. The van der Waals surface area contributed by atoms with Gasteiger partial charge in [-0.15, -0.1) is 0 Å². The largest absolute Gasteiger partial charge is 0.464 e. The van der Waals surface area contributed by atoms with Crippen molar-refractivity contribution < 1.29 is 13.9 Å². The normalized spacial score (nSPS) is 10.4. The summed E-state index contributed by atoms with van der Waals surface area (Å²) in [6.45, 7) is 0. The molecule has 0 saturated carbocycles. The Morgan fingerprint density at radius 3 is 2.94 bits per heavy atom. The monoisotopic (exact) mass is 361 g/mol. The molecule has 2 aromatic rings. The van der Waals surface area contributed by atoms with Gasteiger partial charge in [-0.3, -0.25) is 4.57 Å². The highest BCUT2D eigenvalue weighted by Gasteiger charge is 2.18. The van der Waals surface area contributed by atoms with Crippen LogP contribution in [0.1, 0.15) is 10.5 Å². The Morgan fingerprint density at radius 2 is 2.28 bits per heavy atom. The number of esters is 1. The summed E-state index contributed by atoms with van der Waals surface area (Å²) < 4.78 is 19.8. The number of nitrogen functional groups attached to an aromatic ring is 1. The molecule has 2 rings (SSSR count). The molecule has 0 unspecified atom stereocenters. The summed E-state index contributed by atoms with van der Waals surface area (Å²) >= 11 is 1.87. The van der Waals surface area contributed by atoms with E-state index in [0.717, 1.165) is 0 Å². The third kappa shape index (κ3) is 2.05. The molecule has 2 N–H and O–H groups in total. The molecule has 0 radical (unpaired) electrons. The molecule has 0 aliphatic heterocycles. The second-order valence-electron chi connectivity index (χ2n) is 3.41. The number of hydrogen-bond acceptors (Lipinski definition) is 4. The Balaban J connectivity index is 2.56. The third-order valence-electron chi connectivity index (χ3n) is 2.37. The van der Waals surface area contributed by atoms with Gasteiger partial charge < -0.3 is 10.5 Å². The molecule has 0 aliphatic carbocycles. The van der Waals surface area contributed by atoms with E-state index < -0.39 is 5.97 Å². The van der Waals surface area contributed by atoms with Crippen LogP contribution < -0.4 is 5.73 Å². The average molecular weight is 361 g/mol. The summed E-state index contributed by atoms with van der Waals surface area (Å²) in [6.07, 6.45) is 1.36. The van der Waals surface area contributed by atoms with Gasteiger partial charge in [-0.2, -0.15) is 0 Å². The number of benzene rings is 1. The topological polar surface area (TPSA) is 70.1 Å². The van der Waals surface area contributed by atoms with Crippen molar-refractivity contribution >= 4 is 34.4 Å². The number of hydrogen-bond donors (Lipinski definition) is 1. The van der Waals surface area contributed by atoms with Crippen molar-refractivity contribution in [2.45, 2.75) is 0 Å². The maximum atomic E-state index is 13.5. The van der Waals surface area contributed by atoms with Crippen molar-refractivity contribution in [3.8, 4) is 5.69 Å². The zero-order valence-corrected chi connectivity index (χ0v) is 11.5. The molecule has 0 atom stereocenters. The van der Waals surface area contributed by atoms with Gasteiger partial charge in [-0.05, 0) is 34.7 Å². The van der Waals surface area contributed by atoms with Gasteiger partial charge >= 0.3 is 5.97 Å². The smallest absolute Gasteiger partial charge is 0.360 e. The zero-order valence-electron chi connectivity index (χ0n) is 9.35. The summed E-state index contributed by atoms with van der Waals surface area (Å²) in [6, 6.07) is 4.59. The SMILES string of the molecule is COC(=O)c1ncn(-c2cccc(F)c2I)c1N. The van der Waals surface area contributed by atoms with Gasteiger partial charge in [0.15, 0.2) is 5.69 Å². The molecule has 0 saturated heterocycles. The van der Waals surface area contributed by atoms with Crippen LogP contribution in [-0.4, -0.2) is 22.6 Å². The molecule has 5 nitrogen and oxygen atoms in total. The van der Waals surface area contributed by atoms with Crippen LogP contribution in [0.5, 0.6) is 0 Å². The Labute approximate surface area is 116 Å². The highest BCUT2D eigenvalue weighted by Crippen LogP contribution is 2.24. The fourth-order valence-electron chi connectivity index (χ4n) is 1.48. The molecule has 0 spiro atoms. The van der Waals surface area contributed by atoms with Crippen molar-refractivity contribution in [2.24, 2.45) is 0 Å². The van der Waals surface area contributed by atoms with E-state index in [9.17, 15) is 9.18 Å². The van der Waals surface area contributed by atoms with E-state index in [4.69, 9.17) is 5.73 Å². The van der Waals surface area contributed by atoms with Crippen molar-refractivity contribution in [3.05, 3.63) is 39.6 Å². The Hall–Kier alpha value is -1.64. The van der Waals surface area contributed by atoms with Gasteiger partial charge in [-0.1, -0.05) is 6.07 Å². The number of rotatable bonds is 2. The molecule has 0 amide bonds. The van der Waals surface area contributed by atoms with Crippen LogP contribution in [0.3, 0.4) is 0 Å². The molecule has 0 fully saturated rings. The third-order valence-corrected chi connectivity index (χ3v) is 3.44. The molecular formula is C11H9FIN3O2. The lowest BCUT2D eigenvalue weighted by Gasteiger charge is -2.08. The minimum Gasteiger partial charge on any atom is -0.464 e. The number of nitrogens with zero attached hydrogens (tertiary/aromatic N) is 2. The first-order valence-corrected chi connectivity index (χ1v) is 5.99. The number of methoxy groups -OCH3 is 1. The summed E-state index contributed by atoms with van der Waals surface area (Å²) in [5.41, 5.74) is 6.34. The van der Waals surface area contributed by atoms with Crippen LogP contribution in [-0.2, 0) is 4.74 Å². The number of halogens is 2. The Morgan fingerprint density at radius 1 is 1.56 bits per heavy atom. The van der Waals surface area contributed by atoms with Gasteiger partial charge in [0.1, 0.15) is 18.0 Å². The molecule has 1 aromatic carbocycles. The second kappa shape index (κ2) is 4.92. The van der Waals surface area contributed by atoms with Crippen LogP contribution in [0, 0.1) is 9.39 Å². The van der Waals surface area contributed by atoms with Crippen molar-refractivity contribution in [2.75, 3.05) is 12.8 Å². The lowest BCUT2D eigenvalue weighted by molar-refractivity contribution is 0.0596. The minimum atomic E-state index is -0.627. The van der Waals surface area contributed by atoms with Gasteiger partial charge in [0.2, 0.25) is 0 Å². The highest BCUT2D eigenvalue weighted by molar-refractivity contribution is 14.1. The fraction of sp³-hybridized carbons (Fsp3) is 0.0909. The second-order valence-corrected chi connectivity index (χ2v) is 4.49. The number of ether oxygens (including phenoxy) is 1. The van der Waals surface area contributed by atoms with E-state index in [1.165, 1.54) is 24.1 Å². The summed E-state index contributed by atoms with van der Waals surface area (Å²) in [5, 5.41) is 0. The molecular weight excluding hydrogens is 352 g/mol. The van der Waals surface area contributed by atoms with Crippen molar-refractivity contribution in [1.82, 2.24) is 9.55 Å². The summed E-state index contributed by atoms with van der Waals surface area (Å²) in [7, 11) is 1.24. The van der Waals surface area contributed by atoms with Gasteiger partial charge in [0.05, 0.1) is 16.4 Å². The first kappa shape index (κ1) is 12.8. The zero-order chi connectivity index (χ0) is 13.3. The van der Waals surface area contributed by atoms with Crippen molar-refractivity contribution in [1.29, 1.82) is 0 Å². The number of nitrogens with two attached hydrogens (primary N) is 1. The maximum absolute atomic E-state index is 13.5. The molecule has 0 aliphatic rings. The number of carbonyl (C=O) groups is 1. The van der Waals surface area contributed by atoms with Crippen LogP contribution in [0.25, 0.3) is 5.69 Å². The number of aromatic nitrogens is 2. The lowest BCUT2D eigenvalue weighted by Crippen LogP contribution is -2.08. The van der Waals surface area contributed by atoms with E-state index in [1.54, 1.807) is 12.1 Å². The van der Waals surface area contributed by atoms with E-state index >= 15 is 0 Å². The lowest BCUT2D eigenvalue weighted by atomic mass is 10.3. The summed E-state index contributed by atoms with van der Waals surface area (Å²) in [4.78, 5) is 15.2. The quantitative estimate of drug-likeness (QED) is 0.656. The first-order valence-electron chi connectivity index (χ1n) is 4.91. The number of carbonyl (C=O) groups excluding carboxylic acids is 1. The molecule has 0 bridgehead atoms. The summed E-state index contributed by atoms with van der Waals surface area (Å²) in [5.74, 6) is -0.871.